The normalized spacial score (nSPS) is 29.8. The number of aromatic nitrogens is 2. The molecule has 1 aromatic heterocycles. The SMILES string of the molecule is CCn1cc([C@H]2OCC[C@@H]2NC(=O)N2CCC(C)(C(=O)O)C2)cn1. The van der Waals surface area contributed by atoms with Gasteiger partial charge in [0.2, 0.25) is 0 Å². The number of likely N-dealkylation sites (tertiary alicyclic amines) is 1. The third kappa shape index (κ3) is 3.10. The van der Waals surface area contributed by atoms with Gasteiger partial charge in [-0.05, 0) is 26.7 Å². The van der Waals surface area contributed by atoms with Crippen LogP contribution in [0.1, 0.15) is 38.4 Å². The molecule has 2 saturated heterocycles. The van der Waals surface area contributed by atoms with Crippen LogP contribution >= 0.6 is 0 Å². The lowest BCUT2D eigenvalue weighted by Crippen LogP contribution is -2.46. The van der Waals surface area contributed by atoms with Crippen molar-refractivity contribution in [3.63, 3.8) is 0 Å². The molecule has 1 unspecified atom stereocenters. The molecule has 2 aliphatic rings. The molecule has 3 rings (SSSR count). The number of urea groups is 1. The van der Waals surface area contributed by atoms with Gasteiger partial charge < -0.3 is 20.1 Å². The van der Waals surface area contributed by atoms with Crippen molar-refractivity contribution in [3.8, 4) is 0 Å². The van der Waals surface area contributed by atoms with Gasteiger partial charge in [-0.2, -0.15) is 5.10 Å². The van der Waals surface area contributed by atoms with E-state index < -0.39 is 11.4 Å². The first-order chi connectivity index (χ1) is 11.4. The van der Waals surface area contributed by atoms with Crippen LogP contribution in [0.15, 0.2) is 12.4 Å². The fourth-order valence-electron chi connectivity index (χ4n) is 3.32. The summed E-state index contributed by atoms with van der Waals surface area (Å²) >= 11 is 0. The van der Waals surface area contributed by atoms with E-state index in [9.17, 15) is 14.7 Å². The first-order valence-electron chi connectivity index (χ1n) is 8.36. The zero-order valence-electron chi connectivity index (χ0n) is 14.1. The minimum Gasteiger partial charge on any atom is -0.481 e. The minimum atomic E-state index is -0.856. The minimum absolute atomic E-state index is 0.122. The van der Waals surface area contributed by atoms with Gasteiger partial charge in [-0.1, -0.05) is 0 Å². The van der Waals surface area contributed by atoms with Gasteiger partial charge in [-0.25, -0.2) is 4.79 Å². The molecule has 3 atom stereocenters. The van der Waals surface area contributed by atoms with Gasteiger partial charge in [-0.3, -0.25) is 9.48 Å². The summed E-state index contributed by atoms with van der Waals surface area (Å²) in [7, 11) is 0. The summed E-state index contributed by atoms with van der Waals surface area (Å²) < 4.78 is 7.60. The molecule has 0 saturated carbocycles. The van der Waals surface area contributed by atoms with Crippen LogP contribution in [0.25, 0.3) is 0 Å². The van der Waals surface area contributed by atoms with Crippen LogP contribution in [0.2, 0.25) is 0 Å². The summed E-state index contributed by atoms with van der Waals surface area (Å²) in [6.07, 6.45) is 4.71. The van der Waals surface area contributed by atoms with E-state index in [2.05, 4.69) is 10.4 Å². The molecule has 132 valence electrons. The Balaban J connectivity index is 1.62. The molecule has 0 aliphatic carbocycles. The molecule has 0 radical (unpaired) electrons. The Kier molecular flexibility index (Phi) is 4.49. The third-order valence-electron chi connectivity index (χ3n) is 4.98. The van der Waals surface area contributed by atoms with Gasteiger partial charge in [0.25, 0.3) is 0 Å². The number of carboxylic acid groups (broad SMARTS) is 1. The predicted octanol–water partition coefficient (Wildman–Crippen LogP) is 1.24. The highest BCUT2D eigenvalue weighted by atomic mass is 16.5. The summed E-state index contributed by atoms with van der Waals surface area (Å²) in [5.41, 5.74) is 0.0991. The van der Waals surface area contributed by atoms with Crippen molar-refractivity contribution in [2.75, 3.05) is 19.7 Å². The number of aliphatic carboxylic acids is 1. The van der Waals surface area contributed by atoms with Crippen molar-refractivity contribution >= 4 is 12.0 Å². The quantitative estimate of drug-likeness (QED) is 0.862. The Labute approximate surface area is 140 Å². The number of hydrogen-bond acceptors (Lipinski definition) is 4. The van der Waals surface area contributed by atoms with Crippen molar-refractivity contribution in [2.45, 2.75) is 45.4 Å². The smallest absolute Gasteiger partial charge is 0.317 e. The van der Waals surface area contributed by atoms with Crippen molar-refractivity contribution in [1.82, 2.24) is 20.0 Å². The Morgan fingerprint density at radius 1 is 1.54 bits per heavy atom. The fraction of sp³-hybridized carbons (Fsp3) is 0.688. The molecule has 0 bridgehead atoms. The number of ether oxygens (including phenoxy) is 1. The van der Waals surface area contributed by atoms with Crippen molar-refractivity contribution in [3.05, 3.63) is 18.0 Å². The van der Waals surface area contributed by atoms with Crippen molar-refractivity contribution < 1.29 is 19.4 Å². The van der Waals surface area contributed by atoms with Crippen LogP contribution in [0.3, 0.4) is 0 Å². The van der Waals surface area contributed by atoms with Crippen LogP contribution in [0, 0.1) is 5.41 Å². The summed E-state index contributed by atoms with van der Waals surface area (Å²) in [6, 6.07) is -0.341. The second-order valence-electron chi connectivity index (χ2n) is 6.80. The highest BCUT2D eigenvalue weighted by Gasteiger charge is 2.43. The van der Waals surface area contributed by atoms with Gasteiger partial charge in [0.05, 0.1) is 17.7 Å². The molecular weight excluding hydrogens is 312 g/mol. The molecule has 3 heterocycles. The molecule has 2 fully saturated rings. The molecule has 0 aromatic carbocycles. The Morgan fingerprint density at radius 2 is 2.33 bits per heavy atom. The fourth-order valence-corrected chi connectivity index (χ4v) is 3.32. The lowest BCUT2D eigenvalue weighted by molar-refractivity contribution is -0.147. The first kappa shape index (κ1) is 16.8. The molecular formula is C16H24N4O4. The van der Waals surface area contributed by atoms with Crippen molar-refractivity contribution in [1.29, 1.82) is 0 Å². The van der Waals surface area contributed by atoms with Gasteiger partial charge >= 0.3 is 12.0 Å². The standard InChI is InChI=1S/C16H24N4O4/c1-3-20-9-11(8-17-20)13-12(4-7-24-13)18-15(23)19-6-5-16(2,10-19)14(21)22/h8-9,12-13H,3-7,10H2,1-2H3,(H,18,23)(H,21,22)/t12-,13+,16?/m0/s1. The molecule has 2 amide bonds. The largest absolute Gasteiger partial charge is 0.481 e. The zero-order valence-corrected chi connectivity index (χ0v) is 14.1. The maximum Gasteiger partial charge on any atom is 0.317 e. The number of carbonyl (C=O) groups excluding carboxylic acids is 1. The number of amides is 2. The van der Waals surface area contributed by atoms with Crippen LogP contribution in [-0.4, -0.2) is 57.5 Å². The maximum absolute atomic E-state index is 12.5. The van der Waals surface area contributed by atoms with E-state index in [1.807, 2.05) is 17.8 Å². The molecule has 1 aromatic rings. The molecule has 24 heavy (non-hydrogen) atoms. The number of hydrogen-bond donors (Lipinski definition) is 2. The molecule has 2 N–H and O–H groups in total. The van der Waals surface area contributed by atoms with E-state index in [4.69, 9.17) is 4.74 Å². The highest BCUT2D eigenvalue weighted by molar-refractivity contribution is 5.79. The summed E-state index contributed by atoms with van der Waals surface area (Å²) in [5, 5.41) is 16.5. The highest BCUT2D eigenvalue weighted by Crippen LogP contribution is 2.32. The van der Waals surface area contributed by atoms with Crippen LogP contribution in [0.4, 0.5) is 4.79 Å². The molecule has 2 aliphatic heterocycles. The summed E-state index contributed by atoms with van der Waals surface area (Å²) in [5.74, 6) is -0.855. The lowest BCUT2D eigenvalue weighted by atomic mass is 9.90. The zero-order chi connectivity index (χ0) is 17.3. The van der Waals surface area contributed by atoms with Crippen molar-refractivity contribution in [2.24, 2.45) is 5.41 Å². The average molecular weight is 336 g/mol. The maximum atomic E-state index is 12.5. The van der Waals surface area contributed by atoms with E-state index in [1.54, 1.807) is 18.0 Å². The topological polar surface area (TPSA) is 96.7 Å². The number of carbonyl (C=O) groups is 2. The van der Waals surface area contributed by atoms with Gasteiger partial charge in [-0.15, -0.1) is 0 Å². The number of nitrogens with zero attached hydrogens (tertiary/aromatic N) is 3. The second-order valence-corrected chi connectivity index (χ2v) is 6.80. The van der Waals surface area contributed by atoms with E-state index in [0.717, 1.165) is 18.5 Å². The number of rotatable bonds is 4. The molecule has 8 heteroatoms. The van der Waals surface area contributed by atoms with E-state index >= 15 is 0 Å². The van der Waals surface area contributed by atoms with Crippen LogP contribution < -0.4 is 5.32 Å². The van der Waals surface area contributed by atoms with E-state index in [-0.39, 0.29) is 24.7 Å². The van der Waals surface area contributed by atoms with Gasteiger partial charge in [0.15, 0.2) is 0 Å². The van der Waals surface area contributed by atoms with E-state index in [1.165, 1.54) is 0 Å². The third-order valence-corrected chi connectivity index (χ3v) is 4.98. The molecule has 8 nitrogen and oxygen atoms in total. The van der Waals surface area contributed by atoms with Crippen LogP contribution in [-0.2, 0) is 16.1 Å². The van der Waals surface area contributed by atoms with Gasteiger partial charge in [0, 0.05) is 38.0 Å². The average Bonchev–Trinajstić information content (AvgIpc) is 3.25. The molecule has 0 spiro atoms. The first-order valence-corrected chi connectivity index (χ1v) is 8.36. The Morgan fingerprint density at radius 3 is 2.96 bits per heavy atom. The van der Waals surface area contributed by atoms with Crippen LogP contribution in [0.5, 0.6) is 0 Å². The summed E-state index contributed by atoms with van der Waals surface area (Å²) in [6.45, 7) is 5.76. The number of nitrogens with one attached hydrogen (secondary N) is 1. The van der Waals surface area contributed by atoms with Gasteiger partial charge in [0.1, 0.15) is 6.10 Å². The second kappa shape index (κ2) is 6.43. The lowest BCUT2D eigenvalue weighted by Gasteiger charge is -2.24. The number of aryl methyl sites for hydroxylation is 1. The predicted molar refractivity (Wildman–Crippen MR) is 85.5 cm³/mol. The Bertz CT molecular complexity index is 631. The Hall–Kier alpha value is -2.09. The van der Waals surface area contributed by atoms with E-state index in [0.29, 0.717) is 19.6 Å². The monoisotopic (exact) mass is 336 g/mol. The number of carboxylic acids is 1. The summed E-state index contributed by atoms with van der Waals surface area (Å²) in [4.78, 5) is 25.4.